The van der Waals surface area contributed by atoms with Gasteiger partial charge in [-0.25, -0.2) is 4.68 Å². The van der Waals surface area contributed by atoms with Crippen LogP contribution < -0.4 is 10.9 Å². The lowest BCUT2D eigenvalue weighted by atomic mass is 10.4. The van der Waals surface area contributed by atoms with E-state index in [1.165, 1.54) is 4.68 Å². The molecule has 0 aromatic carbocycles. The fourth-order valence-electron chi connectivity index (χ4n) is 1.27. The van der Waals surface area contributed by atoms with Crippen molar-refractivity contribution in [3.05, 3.63) is 21.0 Å². The summed E-state index contributed by atoms with van der Waals surface area (Å²) in [6.07, 6.45) is 6.91. The average Bonchev–Trinajstić information content (AvgIpc) is 2.33. The fourth-order valence-corrected chi connectivity index (χ4v) is 1.71. The van der Waals surface area contributed by atoms with E-state index in [0.29, 0.717) is 23.3 Å². The summed E-state index contributed by atoms with van der Waals surface area (Å²) in [5.74, 6) is 2.38. The minimum absolute atomic E-state index is 0.161. The van der Waals surface area contributed by atoms with Crippen LogP contribution >= 0.6 is 15.9 Å². The van der Waals surface area contributed by atoms with Crippen molar-refractivity contribution in [2.24, 2.45) is 0 Å². The van der Waals surface area contributed by atoms with Gasteiger partial charge in [0.1, 0.15) is 11.0 Å². The number of nitrogens with one attached hydrogen (secondary N) is 1. The Kier molecular flexibility index (Phi) is 5.89. The van der Waals surface area contributed by atoms with Gasteiger partial charge in [0, 0.05) is 6.54 Å². The first-order valence-electron chi connectivity index (χ1n) is 5.60. The van der Waals surface area contributed by atoms with Crippen LogP contribution in [0.15, 0.2) is 15.5 Å². The minimum Gasteiger partial charge on any atom is -0.380 e. The Hall–Kier alpha value is -1.32. The highest BCUT2D eigenvalue weighted by Crippen LogP contribution is 2.15. The molecule has 98 valence electrons. The van der Waals surface area contributed by atoms with Gasteiger partial charge in [-0.05, 0) is 29.8 Å². The zero-order valence-electron chi connectivity index (χ0n) is 10.4. The minimum atomic E-state index is -0.247. The van der Waals surface area contributed by atoms with Gasteiger partial charge in [0.05, 0.1) is 24.6 Å². The van der Waals surface area contributed by atoms with Gasteiger partial charge in [0.15, 0.2) is 0 Å². The molecule has 1 N–H and O–H groups in total. The Balaban J connectivity index is 2.66. The Morgan fingerprint density at radius 3 is 3.00 bits per heavy atom. The van der Waals surface area contributed by atoms with E-state index in [9.17, 15) is 4.79 Å². The van der Waals surface area contributed by atoms with Crippen LogP contribution in [0.25, 0.3) is 0 Å². The molecule has 0 atom stereocenters. The molecular formula is C12H16BrN3O2. The van der Waals surface area contributed by atoms with Crippen LogP contribution in [0.2, 0.25) is 0 Å². The van der Waals surface area contributed by atoms with Crippen molar-refractivity contribution in [3.8, 4) is 12.3 Å². The number of anilines is 1. The standard InChI is InChI=1S/C12H16BrN3O2/c1-4-6-16-12(17)11(13)10(8-15-16)14-5-7-18-9(2)3/h1,8-9,14H,5-7H2,2-3H3. The number of terminal acetylenes is 1. The van der Waals surface area contributed by atoms with Crippen molar-refractivity contribution >= 4 is 21.6 Å². The molecule has 0 fully saturated rings. The SMILES string of the molecule is C#CCn1ncc(NCCOC(C)C)c(Br)c1=O. The zero-order valence-corrected chi connectivity index (χ0v) is 12.0. The van der Waals surface area contributed by atoms with Gasteiger partial charge in [-0.3, -0.25) is 4.79 Å². The largest absolute Gasteiger partial charge is 0.380 e. The summed E-state index contributed by atoms with van der Waals surface area (Å²) in [5.41, 5.74) is 0.392. The Morgan fingerprint density at radius 2 is 2.39 bits per heavy atom. The highest BCUT2D eigenvalue weighted by Gasteiger charge is 2.07. The second kappa shape index (κ2) is 7.19. The molecule has 0 bridgehead atoms. The zero-order chi connectivity index (χ0) is 13.5. The van der Waals surface area contributed by atoms with Crippen LogP contribution in [-0.2, 0) is 11.3 Å². The highest BCUT2D eigenvalue weighted by atomic mass is 79.9. The molecule has 0 aliphatic carbocycles. The third-order valence-electron chi connectivity index (χ3n) is 2.09. The first kappa shape index (κ1) is 14.7. The Labute approximate surface area is 115 Å². The summed E-state index contributed by atoms with van der Waals surface area (Å²) in [5, 5.41) is 7.05. The van der Waals surface area contributed by atoms with E-state index in [1.807, 2.05) is 13.8 Å². The van der Waals surface area contributed by atoms with Gasteiger partial charge < -0.3 is 10.1 Å². The van der Waals surface area contributed by atoms with Crippen molar-refractivity contribution in [2.45, 2.75) is 26.5 Å². The van der Waals surface area contributed by atoms with Gasteiger partial charge in [0.25, 0.3) is 5.56 Å². The van der Waals surface area contributed by atoms with Gasteiger partial charge in [-0.2, -0.15) is 5.10 Å². The van der Waals surface area contributed by atoms with Crippen molar-refractivity contribution in [2.75, 3.05) is 18.5 Å². The van der Waals surface area contributed by atoms with Crippen molar-refractivity contribution in [3.63, 3.8) is 0 Å². The van der Waals surface area contributed by atoms with Crippen molar-refractivity contribution in [1.29, 1.82) is 0 Å². The molecule has 1 heterocycles. The molecule has 0 radical (unpaired) electrons. The molecule has 0 saturated heterocycles. The van der Waals surface area contributed by atoms with Crippen LogP contribution in [0, 0.1) is 12.3 Å². The number of rotatable bonds is 6. The molecule has 1 aromatic heterocycles. The molecule has 5 nitrogen and oxygen atoms in total. The van der Waals surface area contributed by atoms with Crippen LogP contribution in [-0.4, -0.2) is 29.0 Å². The van der Waals surface area contributed by atoms with E-state index in [-0.39, 0.29) is 18.2 Å². The van der Waals surface area contributed by atoms with Crippen molar-refractivity contribution in [1.82, 2.24) is 9.78 Å². The highest BCUT2D eigenvalue weighted by molar-refractivity contribution is 9.10. The molecule has 0 saturated carbocycles. The average molecular weight is 314 g/mol. The molecule has 0 aliphatic rings. The number of halogens is 1. The van der Waals surface area contributed by atoms with Crippen LogP contribution in [0.3, 0.4) is 0 Å². The number of hydrogen-bond donors (Lipinski definition) is 1. The maximum absolute atomic E-state index is 11.8. The second-order valence-corrected chi connectivity index (χ2v) is 4.68. The predicted molar refractivity (Wildman–Crippen MR) is 74.6 cm³/mol. The molecule has 1 aromatic rings. The third-order valence-corrected chi connectivity index (χ3v) is 2.86. The summed E-state index contributed by atoms with van der Waals surface area (Å²) in [4.78, 5) is 11.8. The van der Waals surface area contributed by atoms with Crippen LogP contribution in [0.1, 0.15) is 13.8 Å². The topological polar surface area (TPSA) is 56.1 Å². The monoisotopic (exact) mass is 313 g/mol. The molecular weight excluding hydrogens is 298 g/mol. The Morgan fingerprint density at radius 1 is 1.67 bits per heavy atom. The fraction of sp³-hybridized carbons (Fsp3) is 0.500. The molecule has 0 spiro atoms. The summed E-state index contributed by atoms with van der Waals surface area (Å²) in [6, 6.07) is 0. The van der Waals surface area contributed by atoms with E-state index in [1.54, 1.807) is 6.20 Å². The summed E-state index contributed by atoms with van der Waals surface area (Å²) in [7, 11) is 0. The van der Waals surface area contributed by atoms with E-state index in [2.05, 4.69) is 32.3 Å². The van der Waals surface area contributed by atoms with Crippen LogP contribution in [0.4, 0.5) is 5.69 Å². The quantitative estimate of drug-likeness (QED) is 0.638. The molecule has 1 rings (SSSR count). The molecule has 6 heteroatoms. The number of aromatic nitrogens is 2. The lowest BCUT2D eigenvalue weighted by Crippen LogP contribution is -2.24. The predicted octanol–water partition coefficient (Wildman–Crippen LogP) is 1.48. The van der Waals surface area contributed by atoms with Gasteiger partial charge in [0.2, 0.25) is 0 Å². The third kappa shape index (κ3) is 4.17. The van der Waals surface area contributed by atoms with Gasteiger partial charge in [-0.15, -0.1) is 6.42 Å². The van der Waals surface area contributed by atoms with E-state index in [0.717, 1.165) is 0 Å². The van der Waals surface area contributed by atoms with Crippen LogP contribution in [0.5, 0.6) is 0 Å². The van der Waals surface area contributed by atoms with Gasteiger partial charge in [-0.1, -0.05) is 5.92 Å². The Bertz CT molecular complexity index is 491. The summed E-state index contributed by atoms with van der Waals surface area (Å²) >= 11 is 3.24. The smallest absolute Gasteiger partial charge is 0.284 e. The molecule has 0 amide bonds. The lowest BCUT2D eigenvalue weighted by molar-refractivity contribution is 0.0870. The molecule has 18 heavy (non-hydrogen) atoms. The normalized spacial score (nSPS) is 10.4. The lowest BCUT2D eigenvalue weighted by Gasteiger charge is -2.11. The van der Waals surface area contributed by atoms with Gasteiger partial charge >= 0.3 is 0 Å². The first-order chi connectivity index (χ1) is 8.56. The number of hydrogen-bond acceptors (Lipinski definition) is 4. The maximum Gasteiger partial charge on any atom is 0.284 e. The molecule has 0 aliphatic heterocycles. The number of nitrogens with zero attached hydrogens (tertiary/aromatic N) is 2. The van der Waals surface area contributed by atoms with E-state index < -0.39 is 0 Å². The van der Waals surface area contributed by atoms with Crippen molar-refractivity contribution < 1.29 is 4.74 Å². The van der Waals surface area contributed by atoms with E-state index >= 15 is 0 Å². The summed E-state index contributed by atoms with van der Waals surface area (Å²) < 4.78 is 7.04. The first-order valence-corrected chi connectivity index (χ1v) is 6.40. The molecule has 0 unspecified atom stereocenters. The number of ether oxygens (including phenoxy) is 1. The maximum atomic E-state index is 11.8. The summed E-state index contributed by atoms with van der Waals surface area (Å²) in [6.45, 7) is 5.28. The second-order valence-electron chi connectivity index (χ2n) is 3.89. The van der Waals surface area contributed by atoms with E-state index in [4.69, 9.17) is 11.2 Å².